The predicted octanol–water partition coefficient (Wildman–Crippen LogP) is 2.00. The Hall–Kier alpha value is -2.15. The molecule has 0 unspecified atom stereocenters. The highest BCUT2D eigenvalue weighted by Gasteiger charge is 2.37. The van der Waals surface area contributed by atoms with Crippen LogP contribution >= 0.6 is 0 Å². The van der Waals surface area contributed by atoms with Crippen LogP contribution in [0.4, 0.5) is 11.4 Å². The molecule has 130 valence electrons. The second-order valence-corrected chi connectivity index (χ2v) is 6.76. The van der Waals surface area contributed by atoms with Crippen molar-refractivity contribution in [3.63, 3.8) is 0 Å². The second kappa shape index (κ2) is 7.17. The molecular formula is C17H24N4O3. The molecule has 3 rings (SSSR count). The van der Waals surface area contributed by atoms with Gasteiger partial charge in [0.05, 0.1) is 4.92 Å². The maximum atomic E-state index is 12.3. The van der Waals surface area contributed by atoms with E-state index in [9.17, 15) is 14.9 Å². The van der Waals surface area contributed by atoms with Gasteiger partial charge in [0.15, 0.2) is 0 Å². The van der Waals surface area contributed by atoms with E-state index >= 15 is 0 Å². The zero-order chi connectivity index (χ0) is 17.0. The van der Waals surface area contributed by atoms with Gasteiger partial charge in [0.2, 0.25) is 5.91 Å². The van der Waals surface area contributed by atoms with E-state index in [1.165, 1.54) is 12.5 Å². The van der Waals surface area contributed by atoms with Crippen LogP contribution in [0.5, 0.6) is 0 Å². The molecular weight excluding hydrogens is 308 g/mol. The lowest BCUT2D eigenvalue weighted by molar-refractivity contribution is -0.384. The van der Waals surface area contributed by atoms with Crippen LogP contribution in [-0.4, -0.2) is 48.5 Å². The first-order valence-electron chi connectivity index (χ1n) is 8.55. The number of hydrogen-bond acceptors (Lipinski definition) is 5. The number of likely N-dealkylation sites (tertiary alicyclic amines) is 1. The molecule has 2 aliphatic heterocycles. The lowest BCUT2D eigenvalue weighted by Gasteiger charge is -2.39. The zero-order valence-electron chi connectivity index (χ0n) is 13.8. The van der Waals surface area contributed by atoms with Crippen LogP contribution in [0.2, 0.25) is 0 Å². The summed E-state index contributed by atoms with van der Waals surface area (Å²) in [6, 6.07) is 6.51. The molecule has 0 saturated carbocycles. The fourth-order valence-corrected chi connectivity index (χ4v) is 3.70. The Balaban J connectivity index is 1.46. The number of nitrogens with zero attached hydrogens (tertiary/aromatic N) is 2. The van der Waals surface area contributed by atoms with E-state index < -0.39 is 4.92 Å². The van der Waals surface area contributed by atoms with Gasteiger partial charge in [0.1, 0.15) is 5.69 Å². The van der Waals surface area contributed by atoms with Crippen molar-refractivity contribution in [2.75, 3.05) is 38.0 Å². The number of nitrogens with one attached hydrogen (secondary N) is 2. The summed E-state index contributed by atoms with van der Waals surface area (Å²) in [5, 5.41) is 17.4. The number of anilines is 1. The Morgan fingerprint density at radius 1 is 1.29 bits per heavy atom. The lowest BCUT2D eigenvalue weighted by atomic mass is 9.78. The summed E-state index contributed by atoms with van der Waals surface area (Å²) in [4.78, 5) is 24.8. The second-order valence-electron chi connectivity index (χ2n) is 6.76. The van der Waals surface area contributed by atoms with Crippen LogP contribution in [0.15, 0.2) is 24.3 Å². The number of para-hydroxylation sites is 2. The van der Waals surface area contributed by atoms with Crippen molar-refractivity contribution in [2.24, 2.45) is 5.41 Å². The number of nitro benzene ring substituents is 1. The van der Waals surface area contributed by atoms with Crippen molar-refractivity contribution in [1.82, 2.24) is 10.2 Å². The molecule has 0 aromatic heterocycles. The molecule has 1 spiro atoms. The SMILES string of the molecule is O=C(CCNc1ccccc1[N+](=O)[O-])N1CCC2(CCNC2)CC1. The van der Waals surface area contributed by atoms with Crippen molar-refractivity contribution >= 4 is 17.3 Å². The third-order valence-corrected chi connectivity index (χ3v) is 5.26. The van der Waals surface area contributed by atoms with E-state index in [4.69, 9.17) is 0 Å². The minimum Gasteiger partial charge on any atom is -0.379 e. The Labute approximate surface area is 141 Å². The molecule has 1 aromatic carbocycles. The summed E-state index contributed by atoms with van der Waals surface area (Å²) >= 11 is 0. The van der Waals surface area contributed by atoms with Crippen LogP contribution < -0.4 is 10.6 Å². The highest BCUT2D eigenvalue weighted by molar-refractivity contribution is 5.77. The van der Waals surface area contributed by atoms with Gasteiger partial charge in [-0.1, -0.05) is 12.1 Å². The van der Waals surface area contributed by atoms with E-state index in [-0.39, 0.29) is 11.6 Å². The van der Waals surface area contributed by atoms with Crippen molar-refractivity contribution < 1.29 is 9.72 Å². The van der Waals surface area contributed by atoms with Gasteiger partial charge in [-0.3, -0.25) is 14.9 Å². The first-order valence-corrected chi connectivity index (χ1v) is 8.55. The highest BCUT2D eigenvalue weighted by atomic mass is 16.6. The number of carbonyl (C=O) groups excluding carboxylic acids is 1. The molecule has 24 heavy (non-hydrogen) atoms. The van der Waals surface area contributed by atoms with Gasteiger partial charge in [-0.05, 0) is 37.3 Å². The maximum absolute atomic E-state index is 12.3. The highest BCUT2D eigenvalue weighted by Crippen LogP contribution is 2.37. The molecule has 2 saturated heterocycles. The number of nitro groups is 1. The summed E-state index contributed by atoms with van der Waals surface area (Å²) in [6.45, 7) is 4.23. The van der Waals surface area contributed by atoms with Gasteiger partial charge < -0.3 is 15.5 Å². The molecule has 1 amide bonds. The molecule has 2 aliphatic rings. The van der Waals surface area contributed by atoms with Crippen molar-refractivity contribution in [1.29, 1.82) is 0 Å². The number of carbonyl (C=O) groups is 1. The molecule has 0 bridgehead atoms. The molecule has 2 N–H and O–H groups in total. The van der Waals surface area contributed by atoms with Gasteiger partial charge in [0, 0.05) is 38.7 Å². The molecule has 0 atom stereocenters. The van der Waals surface area contributed by atoms with Crippen molar-refractivity contribution in [2.45, 2.75) is 25.7 Å². The largest absolute Gasteiger partial charge is 0.379 e. The van der Waals surface area contributed by atoms with E-state index in [0.717, 1.165) is 39.0 Å². The van der Waals surface area contributed by atoms with Crippen LogP contribution in [0.3, 0.4) is 0 Å². The van der Waals surface area contributed by atoms with Gasteiger partial charge in [-0.2, -0.15) is 0 Å². The minimum absolute atomic E-state index is 0.0404. The number of amides is 1. The standard InChI is InChI=1S/C17H24N4O3/c22-16(20-11-7-17(8-12-20)6-10-18-13-17)5-9-19-14-3-1-2-4-15(14)21(23)24/h1-4,18-19H,5-13H2. The van der Waals surface area contributed by atoms with E-state index in [1.807, 2.05) is 4.90 Å². The third-order valence-electron chi connectivity index (χ3n) is 5.26. The molecule has 7 heteroatoms. The maximum Gasteiger partial charge on any atom is 0.292 e. The smallest absolute Gasteiger partial charge is 0.292 e. The van der Waals surface area contributed by atoms with E-state index in [0.29, 0.717) is 24.1 Å². The van der Waals surface area contributed by atoms with Crippen molar-refractivity contribution in [3.05, 3.63) is 34.4 Å². The van der Waals surface area contributed by atoms with Crippen LogP contribution in [0.1, 0.15) is 25.7 Å². The summed E-state index contributed by atoms with van der Waals surface area (Å²) < 4.78 is 0. The Morgan fingerprint density at radius 3 is 2.71 bits per heavy atom. The predicted molar refractivity (Wildman–Crippen MR) is 91.9 cm³/mol. The van der Waals surface area contributed by atoms with Gasteiger partial charge in [-0.15, -0.1) is 0 Å². The van der Waals surface area contributed by atoms with Gasteiger partial charge in [-0.25, -0.2) is 0 Å². The number of benzene rings is 1. The summed E-state index contributed by atoms with van der Waals surface area (Å²) in [5.74, 6) is 0.127. The number of piperidine rings is 1. The Kier molecular flexibility index (Phi) is 4.99. The van der Waals surface area contributed by atoms with Crippen LogP contribution in [0.25, 0.3) is 0 Å². The average Bonchev–Trinajstić information content (AvgIpc) is 3.04. The minimum atomic E-state index is -0.413. The first-order chi connectivity index (χ1) is 11.6. The fraction of sp³-hybridized carbons (Fsp3) is 0.588. The van der Waals surface area contributed by atoms with Gasteiger partial charge in [0.25, 0.3) is 5.69 Å². The topological polar surface area (TPSA) is 87.5 Å². The zero-order valence-corrected chi connectivity index (χ0v) is 13.8. The van der Waals surface area contributed by atoms with E-state index in [2.05, 4.69) is 10.6 Å². The summed E-state index contributed by atoms with van der Waals surface area (Å²) in [6.07, 6.45) is 3.72. The quantitative estimate of drug-likeness (QED) is 0.636. The Morgan fingerprint density at radius 2 is 2.04 bits per heavy atom. The molecule has 1 aromatic rings. The molecule has 0 radical (unpaired) electrons. The Bertz CT molecular complexity index is 604. The molecule has 2 fully saturated rings. The number of hydrogen-bond donors (Lipinski definition) is 2. The molecule has 2 heterocycles. The number of rotatable bonds is 5. The third kappa shape index (κ3) is 3.67. The summed E-state index contributed by atoms with van der Waals surface area (Å²) in [7, 11) is 0. The lowest BCUT2D eigenvalue weighted by Crippen LogP contribution is -2.44. The van der Waals surface area contributed by atoms with Gasteiger partial charge >= 0.3 is 0 Å². The summed E-state index contributed by atoms with van der Waals surface area (Å²) in [5.41, 5.74) is 0.906. The van der Waals surface area contributed by atoms with Crippen LogP contribution in [0, 0.1) is 15.5 Å². The van der Waals surface area contributed by atoms with Crippen molar-refractivity contribution in [3.8, 4) is 0 Å². The average molecular weight is 332 g/mol. The molecule has 0 aliphatic carbocycles. The van der Waals surface area contributed by atoms with Crippen LogP contribution in [-0.2, 0) is 4.79 Å². The normalized spacial score (nSPS) is 19.4. The monoisotopic (exact) mass is 332 g/mol. The fourth-order valence-electron chi connectivity index (χ4n) is 3.70. The first kappa shape index (κ1) is 16.7. The van der Waals surface area contributed by atoms with E-state index in [1.54, 1.807) is 18.2 Å². The molecule has 7 nitrogen and oxygen atoms in total.